The molecule has 0 aromatic carbocycles. The Kier molecular flexibility index (Phi) is 4.19. The topological polar surface area (TPSA) is 63.2 Å². The molecule has 1 heterocycles. The first-order valence-electron chi connectivity index (χ1n) is 4.80. The van der Waals surface area contributed by atoms with E-state index in [-0.39, 0.29) is 5.92 Å². The van der Waals surface area contributed by atoms with Crippen LogP contribution in [-0.2, 0) is 4.84 Å². The van der Waals surface area contributed by atoms with E-state index < -0.39 is 11.8 Å². The number of pyridine rings is 1. The minimum atomic E-state index is -0.552. The lowest BCUT2D eigenvalue weighted by molar-refractivity contribution is 0.114. The third-order valence-corrected chi connectivity index (χ3v) is 1.93. The number of aromatic nitrogens is 1. The van der Waals surface area contributed by atoms with Crippen LogP contribution >= 0.6 is 0 Å². The van der Waals surface area contributed by atoms with Gasteiger partial charge in [-0.05, 0) is 12.0 Å². The molecule has 16 heavy (non-hydrogen) atoms. The Labute approximate surface area is 93.0 Å². The van der Waals surface area contributed by atoms with Crippen molar-refractivity contribution < 1.29 is 14.0 Å². The van der Waals surface area contributed by atoms with Crippen LogP contribution in [0.3, 0.4) is 0 Å². The summed E-state index contributed by atoms with van der Waals surface area (Å²) in [6.45, 7) is 3.77. The lowest BCUT2D eigenvalue weighted by Gasteiger charge is -2.12. The van der Waals surface area contributed by atoms with Crippen molar-refractivity contribution in [2.24, 2.45) is 0 Å². The molecule has 5 nitrogen and oxygen atoms in total. The van der Waals surface area contributed by atoms with Gasteiger partial charge in [0.25, 0.3) is 0 Å². The van der Waals surface area contributed by atoms with Crippen molar-refractivity contribution in [1.29, 1.82) is 0 Å². The number of hydrogen-bond acceptors (Lipinski definition) is 3. The molecule has 0 aliphatic carbocycles. The number of rotatable bonds is 3. The maximum Gasteiger partial charge on any atom is 0.344 e. The molecule has 1 rings (SSSR count). The van der Waals surface area contributed by atoms with E-state index in [1.807, 2.05) is 13.8 Å². The summed E-state index contributed by atoms with van der Waals surface area (Å²) in [6, 6.07) is 0.795. The van der Waals surface area contributed by atoms with Gasteiger partial charge in [-0.1, -0.05) is 13.8 Å². The Bertz CT molecular complexity index is 382. The summed E-state index contributed by atoms with van der Waals surface area (Å²) < 4.78 is 13.0. The Balaban J connectivity index is 2.90. The molecule has 0 aliphatic rings. The third-order valence-electron chi connectivity index (χ3n) is 1.93. The zero-order chi connectivity index (χ0) is 12.1. The molecule has 88 valence electrons. The minimum absolute atomic E-state index is 0.0565. The van der Waals surface area contributed by atoms with E-state index in [0.29, 0.717) is 11.4 Å². The molecule has 1 aromatic heterocycles. The minimum Gasteiger partial charge on any atom is -0.290 e. The predicted octanol–water partition coefficient (Wildman–Crippen LogP) is 2.03. The Hall–Kier alpha value is -1.69. The monoisotopic (exact) mass is 227 g/mol. The summed E-state index contributed by atoms with van der Waals surface area (Å²) in [7, 11) is 1.32. The molecule has 0 spiro atoms. The maximum absolute atomic E-state index is 13.0. The fraction of sp³-hybridized carbons (Fsp3) is 0.400. The van der Waals surface area contributed by atoms with Crippen LogP contribution in [-0.4, -0.2) is 18.1 Å². The number of anilines is 1. The molecular formula is C10H14FN3O2. The van der Waals surface area contributed by atoms with Crippen LogP contribution < -0.4 is 10.8 Å². The molecule has 0 unspecified atom stereocenters. The number of amides is 2. The molecule has 0 atom stereocenters. The van der Waals surface area contributed by atoms with Crippen LogP contribution in [0.4, 0.5) is 15.0 Å². The highest BCUT2D eigenvalue weighted by atomic mass is 19.1. The molecular weight excluding hydrogens is 213 g/mol. The summed E-state index contributed by atoms with van der Waals surface area (Å²) in [4.78, 5) is 19.4. The highest BCUT2D eigenvalue weighted by molar-refractivity contribution is 5.88. The largest absolute Gasteiger partial charge is 0.344 e. The molecule has 0 radical (unpaired) electrons. The van der Waals surface area contributed by atoms with E-state index >= 15 is 0 Å². The second kappa shape index (κ2) is 5.41. The van der Waals surface area contributed by atoms with E-state index in [0.717, 1.165) is 6.20 Å². The SMILES string of the molecule is CONC(=O)Nc1ncc(F)cc1C(C)C. The van der Waals surface area contributed by atoms with Gasteiger partial charge in [0.2, 0.25) is 0 Å². The second-order valence-corrected chi connectivity index (χ2v) is 3.51. The smallest absolute Gasteiger partial charge is 0.290 e. The number of nitrogens with zero attached hydrogens (tertiary/aromatic N) is 1. The Morgan fingerprint density at radius 1 is 1.56 bits per heavy atom. The summed E-state index contributed by atoms with van der Waals surface area (Å²) in [5.41, 5.74) is 2.72. The first kappa shape index (κ1) is 12.4. The van der Waals surface area contributed by atoms with Gasteiger partial charge >= 0.3 is 6.03 Å². The number of halogens is 1. The van der Waals surface area contributed by atoms with Gasteiger partial charge in [0.1, 0.15) is 11.6 Å². The second-order valence-electron chi connectivity index (χ2n) is 3.51. The van der Waals surface area contributed by atoms with Gasteiger partial charge < -0.3 is 0 Å². The van der Waals surface area contributed by atoms with E-state index in [4.69, 9.17) is 0 Å². The van der Waals surface area contributed by atoms with Crippen LogP contribution in [0.15, 0.2) is 12.3 Å². The van der Waals surface area contributed by atoms with Crippen molar-refractivity contribution in [2.75, 3.05) is 12.4 Å². The van der Waals surface area contributed by atoms with E-state index in [1.165, 1.54) is 13.2 Å². The summed E-state index contributed by atoms with van der Waals surface area (Å²) in [5, 5.41) is 2.47. The summed E-state index contributed by atoms with van der Waals surface area (Å²) in [6.07, 6.45) is 1.05. The highest BCUT2D eigenvalue weighted by Crippen LogP contribution is 2.22. The number of carbonyl (C=O) groups is 1. The van der Waals surface area contributed by atoms with E-state index in [2.05, 4.69) is 20.6 Å². The summed E-state index contributed by atoms with van der Waals surface area (Å²) in [5.74, 6) is -0.0478. The first-order valence-corrected chi connectivity index (χ1v) is 4.80. The standard InChI is InChI=1S/C10H14FN3O2/c1-6(2)8-4-7(11)5-12-9(8)13-10(15)14-16-3/h4-6H,1-3H3,(H2,12,13,14,15). The van der Waals surface area contributed by atoms with Gasteiger partial charge in [-0.25, -0.2) is 19.6 Å². The van der Waals surface area contributed by atoms with Crippen molar-refractivity contribution in [3.63, 3.8) is 0 Å². The molecule has 6 heteroatoms. The van der Waals surface area contributed by atoms with Crippen LogP contribution in [0.5, 0.6) is 0 Å². The van der Waals surface area contributed by atoms with Crippen molar-refractivity contribution in [3.8, 4) is 0 Å². The number of nitrogens with one attached hydrogen (secondary N) is 2. The molecule has 0 aliphatic heterocycles. The zero-order valence-corrected chi connectivity index (χ0v) is 9.37. The van der Waals surface area contributed by atoms with Gasteiger partial charge in [0.05, 0.1) is 13.3 Å². The average molecular weight is 227 g/mol. The van der Waals surface area contributed by atoms with Crippen LogP contribution in [0, 0.1) is 5.82 Å². The van der Waals surface area contributed by atoms with Crippen LogP contribution in [0.25, 0.3) is 0 Å². The van der Waals surface area contributed by atoms with E-state index in [9.17, 15) is 9.18 Å². The normalized spacial score (nSPS) is 10.3. The molecule has 1 aromatic rings. The molecule has 0 saturated carbocycles. The average Bonchev–Trinajstić information content (AvgIpc) is 2.20. The molecule has 2 amide bonds. The lowest BCUT2D eigenvalue weighted by Crippen LogP contribution is -2.28. The molecule has 0 saturated heterocycles. The van der Waals surface area contributed by atoms with Crippen molar-refractivity contribution in [3.05, 3.63) is 23.6 Å². The van der Waals surface area contributed by atoms with Crippen molar-refractivity contribution in [1.82, 2.24) is 10.5 Å². The van der Waals surface area contributed by atoms with Crippen LogP contribution in [0.1, 0.15) is 25.3 Å². The Morgan fingerprint density at radius 3 is 2.81 bits per heavy atom. The Morgan fingerprint density at radius 2 is 2.25 bits per heavy atom. The van der Waals surface area contributed by atoms with Gasteiger partial charge in [-0.15, -0.1) is 0 Å². The summed E-state index contributed by atoms with van der Waals surface area (Å²) >= 11 is 0. The third kappa shape index (κ3) is 3.16. The van der Waals surface area contributed by atoms with Crippen LogP contribution in [0.2, 0.25) is 0 Å². The molecule has 2 N–H and O–H groups in total. The van der Waals surface area contributed by atoms with Gasteiger partial charge in [-0.3, -0.25) is 10.2 Å². The fourth-order valence-electron chi connectivity index (χ4n) is 1.23. The van der Waals surface area contributed by atoms with Crippen molar-refractivity contribution in [2.45, 2.75) is 19.8 Å². The lowest BCUT2D eigenvalue weighted by atomic mass is 10.0. The predicted molar refractivity (Wildman–Crippen MR) is 57.4 cm³/mol. The molecule has 0 fully saturated rings. The number of carbonyl (C=O) groups excluding carboxylic acids is 1. The maximum atomic E-state index is 13.0. The number of urea groups is 1. The fourth-order valence-corrected chi connectivity index (χ4v) is 1.23. The number of hydroxylamine groups is 1. The quantitative estimate of drug-likeness (QED) is 0.776. The highest BCUT2D eigenvalue weighted by Gasteiger charge is 2.11. The van der Waals surface area contributed by atoms with Gasteiger partial charge in [-0.2, -0.15) is 0 Å². The van der Waals surface area contributed by atoms with Gasteiger partial charge in [0.15, 0.2) is 0 Å². The molecule has 0 bridgehead atoms. The van der Waals surface area contributed by atoms with Crippen molar-refractivity contribution >= 4 is 11.8 Å². The zero-order valence-electron chi connectivity index (χ0n) is 9.37. The van der Waals surface area contributed by atoms with E-state index in [1.54, 1.807) is 0 Å². The van der Waals surface area contributed by atoms with Gasteiger partial charge in [0, 0.05) is 5.56 Å². The first-order chi connectivity index (χ1) is 7.54. The number of hydrogen-bond donors (Lipinski definition) is 2.